The van der Waals surface area contributed by atoms with Gasteiger partial charge < -0.3 is 5.32 Å². The van der Waals surface area contributed by atoms with Gasteiger partial charge in [-0.2, -0.15) is 16.6 Å². The summed E-state index contributed by atoms with van der Waals surface area (Å²) in [7, 11) is 0. The lowest BCUT2D eigenvalue weighted by molar-refractivity contribution is 0.102. The minimum Gasteiger partial charge on any atom is -0.308 e. The lowest BCUT2D eigenvalue weighted by Crippen LogP contribution is -2.34. The van der Waals surface area contributed by atoms with Gasteiger partial charge in [-0.3, -0.25) is 15.0 Å². The summed E-state index contributed by atoms with van der Waals surface area (Å²) in [5.41, 5.74) is 6.35. The van der Waals surface area contributed by atoms with Gasteiger partial charge in [0.15, 0.2) is 0 Å². The number of amides is 3. The summed E-state index contributed by atoms with van der Waals surface area (Å²) in [6.07, 6.45) is 6.30. The predicted molar refractivity (Wildman–Crippen MR) is 166 cm³/mol. The summed E-state index contributed by atoms with van der Waals surface area (Å²) in [5, 5.41) is 23.1. The predicted octanol–water partition coefficient (Wildman–Crippen LogP) is 7.47. The molecule has 10 heteroatoms. The summed E-state index contributed by atoms with van der Waals surface area (Å²) in [5.74, 6) is 0.342. The van der Waals surface area contributed by atoms with Crippen LogP contribution in [0.1, 0.15) is 59.5 Å². The zero-order valence-electron chi connectivity index (χ0n) is 23.0. The van der Waals surface area contributed by atoms with Gasteiger partial charge in [0.1, 0.15) is 0 Å². The number of aromatic nitrogens is 4. The lowest BCUT2D eigenvalue weighted by atomic mass is 9.84. The molecule has 2 aromatic heterocycles. The largest absolute Gasteiger partial charge is 0.326 e. The molecule has 0 aliphatic heterocycles. The third-order valence-corrected chi connectivity index (χ3v) is 8.31. The first kappa shape index (κ1) is 27.3. The van der Waals surface area contributed by atoms with Gasteiger partial charge in [0.2, 0.25) is 0 Å². The molecule has 212 valence electrons. The Balaban J connectivity index is 1.22. The Labute approximate surface area is 248 Å². The van der Waals surface area contributed by atoms with Crippen molar-refractivity contribution in [3.63, 3.8) is 0 Å². The fraction of sp³-hybridized carbons (Fsp3) is 0.219. The molecule has 0 bridgehead atoms. The van der Waals surface area contributed by atoms with Crippen LogP contribution < -0.4 is 15.5 Å². The van der Waals surface area contributed by atoms with Crippen molar-refractivity contribution in [1.29, 1.82) is 0 Å². The highest BCUT2D eigenvalue weighted by Gasteiger charge is 2.20. The van der Waals surface area contributed by atoms with E-state index in [0.717, 1.165) is 28.1 Å². The van der Waals surface area contributed by atoms with E-state index in [1.165, 1.54) is 37.7 Å². The van der Waals surface area contributed by atoms with E-state index in [-0.39, 0.29) is 17.9 Å². The molecule has 1 aliphatic carbocycles. The van der Waals surface area contributed by atoms with Gasteiger partial charge in [-0.15, -0.1) is 5.10 Å². The first-order chi connectivity index (χ1) is 20.6. The zero-order chi connectivity index (χ0) is 28.7. The molecule has 42 heavy (non-hydrogen) atoms. The number of benzene rings is 3. The highest BCUT2D eigenvalue weighted by molar-refractivity contribution is 7.08. The third kappa shape index (κ3) is 6.55. The molecule has 9 nitrogen and oxygen atoms in total. The Hall–Kier alpha value is -4.83. The smallest absolute Gasteiger partial charge is 0.308 e. The zero-order valence-corrected chi connectivity index (χ0v) is 23.8. The molecule has 3 aromatic carbocycles. The lowest BCUT2D eigenvalue weighted by Gasteiger charge is -2.26. The molecule has 1 saturated carbocycles. The van der Waals surface area contributed by atoms with E-state index in [1.807, 2.05) is 53.9 Å². The number of carbonyl (C=O) groups excluding carboxylic acids is 2. The Kier molecular flexibility index (Phi) is 8.32. The maximum Gasteiger partial charge on any atom is 0.326 e. The Bertz CT molecular complexity index is 1610. The minimum absolute atomic E-state index is 0.103. The highest BCUT2D eigenvalue weighted by Crippen LogP contribution is 2.34. The summed E-state index contributed by atoms with van der Waals surface area (Å²) < 4.78 is 0. The van der Waals surface area contributed by atoms with E-state index in [2.05, 4.69) is 54.8 Å². The second kappa shape index (κ2) is 12.8. The van der Waals surface area contributed by atoms with Crippen LogP contribution in [0, 0.1) is 0 Å². The van der Waals surface area contributed by atoms with Gasteiger partial charge in [-0.25, -0.2) is 4.79 Å². The molecule has 3 amide bonds. The number of aromatic amines is 1. The van der Waals surface area contributed by atoms with Crippen molar-refractivity contribution in [3.05, 3.63) is 106 Å². The molecule has 6 rings (SSSR count). The van der Waals surface area contributed by atoms with Crippen LogP contribution in [0.2, 0.25) is 0 Å². The molecule has 1 aliphatic rings. The van der Waals surface area contributed by atoms with Crippen molar-refractivity contribution >= 4 is 40.6 Å². The first-order valence-corrected chi connectivity index (χ1v) is 15.0. The summed E-state index contributed by atoms with van der Waals surface area (Å²) in [4.78, 5) is 28.1. The molecule has 2 heterocycles. The van der Waals surface area contributed by atoms with E-state index in [4.69, 9.17) is 0 Å². The van der Waals surface area contributed by atoms with Crippen LogP contribution in [0.15, 0.2) is 89.6 Å². The second-order valence-electron chi connectivity index (χ2n) is 10.4. The molecule has 5 aromatic rings. The molecule has 0 unspecified atom stereocenters. The van der Waals surface area contributed by atoms with E-state index < -0.39 is 0 Å². The maximum absolute atomic E-state index is 13.8. The normalized spacial score (nSPS) is 13.4. The van der Waals surface area contributed by atoms with Crippen molar-refractivity contribution in [3.8, 4) is 11.1 Å². The number of H-pyrrole nitrogens is 1. The Morgan fingerprint density at radius 2 is 1.71 bits per heavy atom. The molecule has 0 atom stereocenters. The van der Waals surface area contributed by atoms with Gasteiger partial charge in [0.05, 0.1) is 6.54 Å². The number of thiophene rings is 1. The molecule has 0 radical (unpaired) electrons. The van der Waals surface area contributed by atoms with Gasteiger partial charge in [-0.1, -0.05) is 60.8 Å². The average molecular weight is 578 g/mol. The first-order valence-electron chi connectivity index (χ1n) is 14.1. The van der Waals surface area contributed by atoms with Crippen LogP contribution in [-0.2, 0) is 6.54 Å². The standard InChI is InChI=1S/C32H31N7O2S/c40-30(34-31-35-37-38-36-31)25-11-9-22(10-12-25)20-39(29-15-13-24(14-16-29)23-5-2-1-3-6-23)32(41)33-28-8-4-7-26(19-28)27-17-18-42-21-27/h4,7-19,21,23H,1-3,5-6,20H2,(H,33,41)(H2,34,35,36,37,38,40). The van der Waals surface area contributed by atoms with Crippen molar-refractivity contribution in [2.24, 2.45) is 0 Å². The number of anilines is 3. The van der Waals surface area contributed by atoms with Crippen LogP contribution >= 0.6 is 11.3 Å². The molecule has 3 N–H and O–H groups in total. The minimum atomic E-state index is -0.346. The van der Waals surface area contributed by atoms with Gasteiger partial charge in [0.25, 0.3) is 11.9 Å². The summed E-state index contributed by atoms with van der Waals surface area (Å²) in [6.45, 7) is 0.325. The molecule has 0 spiro atoms. The summed E-state index contributed by atoms with van der Waals surface area (Å²) >= 11 is 1.64. The number of tetrazole rings is 1. The topological polar surface area (TPSA) is 116 Å². The fourth-order valence-corrected chi connectivity index (χ4v) is 6.04. The molecule has 1 fully saturated rings. The van der Waals surface area contributed by atoms with Crippen LogP contribution in [0.5, 0.6) is 0 Å². The van der Waals surface area contributed by atoms with E-state index in [9.17, 15) is 9.59 Å². The van der Waals surface area contributed by atoms with Gasteiger partial charge in [-0.05, 0) is 99.5 Å². The SMILES string of the molecule is O=C(Nc1nn[nH]n1)c1ccc(CN(C(=O)Nc2cccc(-c3ccsc3)c2)c2ccc(C3CCCCC3)cc2)cc1. The van der Waals surface area contributed by atoms with Crippen LogP contribution in [0.4, 0.5) is 22.1 Å². The van der Waals surface area contributed by atoms with Crippen molar-refractivity contribution in [2.45, 2.75) is 44.6 Å². The van der Waals surface area contributed by atoms with Crippen molar-refractivity contribution < 1.29 is 9.59 Å². The maximum atomic E-state index is 13.8. The van der Waals surface area contributed by atoms with Crippen LogP contribution in [0.3, 0.4) is 0 Å². The number of carbonyl (C=O) groups is 2. The third-order valence-electron chi connectivity index (χ3n) is 7.62. The Morgan fingerprint density at radius 3 is 2.43 bits per heavy atom. The quantitative estimate of drug-likeness (QED) is 0.177. The number of rotatable bonds is 8. The number of nitrogens with one attached hydrogen (secondary N) is 3. The molecular weight excluding hydrogens is 546 g/mol. The van der Waals surface area contributed by atoms with Crippen LogP contribution in [-0.4, -0.2) is 32.6 Å². The van der Waals surface area contributed by atoms with Crippen molar-refractivity contribution in [2.75, 3.05) is 15.5 Å². The van der Waals surface area contributed by atoms with E-state index in [1.54, 1.807) is 28.4 Å². The number of hydrogen-bond acceptors (Lipinski definition) is 6. The van der Waals surface area contributed by atoms with Crippen LogP contribution in [0.25, 0.3) is 11.1 Å². The average Bonchev–Trinajstić information content (AvgIpc) is 3.76. The highest BCUT2D eigenvalue weighted by atomic mass is 32.1. The molecule has 0 saturated heterocycles. The fourth-order valence-electron chi connectivity index (χ4n) is 5.37. The molecular formula is C32H31N7O2S. The summed E-state index contributed by atoms with van der Waals surface area (Å²) in [6, 6.07) is 25.2. The van der Waals surface area contributed by atoms with E-state index in [0.29, 0.717) is 18.0 Å². The number of hydrogen-bond donors (Lipinski definition) is 3. The van der Waals surface area contributed by atoms with Gasteiger partial charge >= 0.3 is 6.03 Å². The number of urea groups is 1. The monoisotopic (exact) mass is 577 g/mol. The van der Waals surface area contributed by atoms with Gasteiger partial charge in [0, 0.05) is 16.9 Å². The van der Waals surface area contributed by atoms with Crippen molar-refractivity contribution in [1.82, 2.24) is 20.6 Å². The number of nitrogens with zero attached hydrogens (tertiary/aromatic N) is 4. The second-order valence-corrected chi connectivity index (χ2v) is 11.2. The van der Waals surface area contributed by atoms with E-state index >= 15 is 0 Å². The Morgan fingerprint density at radius 1 is 0.905 bits per heavy atom.